The molecule has 0 bridgehead atoms. The Balaban J connectivity index is -0.000000125. The van der Waals surface area contributed by atoms with Gasteiger partial charge in [0.1, 0.15) is 0 Å². The Morgan fingerprint density at radius 2 is 0.750 bits per heavy atom. The fourth-order valence-corrected chi connectivity index (χ4v) is 0. The molecule has 45 valence electrons. The summed E-state index contributed by atoms with van der Waals surface area (Å²) in [7, 11) is 0. The van der Waals surface area contributed by atoms with E-state index in [1.165, 1.54) is 0 Å². The van der Waals surface area contributed by atoms with Crippen molar-refractivity contribution in [1.29, 1.82) is 0 Å². The van der Waals surface area contributed by atoms with E-state index in [2.05, 4.69) is 0 Å². The molecule has 0 radical (unpaired) electrons. The van der Waals surface area contributed by atoms with Crippen molar-refractivity contribution >= 4 is 25.8 Å². The van der Waals surface area contributed by atoms with E-state index < -0.39 is 15.7 Å². The van der Waals surface area contributed by atoms with Crippen LogP contribution in [0.5, 0.6) is 0 Å². The third-order valence-electron chi connectivity index (χ3n) is 0. The van der Waals surface area contributed by atoms with Crippen LogP contribution in [0.25, 0.3) is 0 Å². The Bertz CT molecular complexity index is 282. The molecule has 8 heavy (non-hydrogen) atoms. The van der Waals surface area contributed by atoms with Crippen LogP contribution in [0.2, 0.25) is 0 Å². The summed E-state index contributed by atoms with van der Waals surface area (Å²) in [6.45, 7) is 0. The van der Waals surface area contributed by atoms with Gasteiger partial charge in [-0.1, -0.05) is 0 Å². The van der Waals surface area contributed by atoms with Crippen molar-refractivity contribution in [2.24, 2.45) is 0 Å². The van der Waals surface area contributed by atoms with Gasteiger partial charge in [0.25, 0.3) is 0 Å². The zero-order chi connectivity index (χ0) is 5.45. The minimum Gasteiger partial charge on any atom is 0 e. The summed E-state index contributed by atoms with van der Waals surface area (Å²) in [4.78, 5) is 0. The van der Waals surface area contributed by atoms with Crippen LogP contribution in [0.3, 0.4) is 0 Å². The largest absolute Gasteiger partial charge is 0 e. The predicted octanol–water partition coefficient (Wildman–Crippen LogP) is -1.78. The molecule has 0 atom stereocenters. The van der Waals surface area contributed by atoms with Gasteiger partial charge in [-0.2, -0.15) is 0 Å². The van der Waals surface area contributed by atoms with Gasteiger partial charge in [-0.05, 0) is 0 Å². The first-order valence-corrected chi connectivity index (χ1v) is 7.47. The molecule has 0 spiro atoms. The van der Waals surface area contributed by atoms with Crippen molar-refractivity contribution in [3.63, 3.8) is 0 Å². The average Bonchev–Trinajstić information content (AvgIpc) is 0.650. The van der Waals surface area contributed by atoms with Gasteiger partial charge < -0.3 is 0 Å². The summed E-state index contributed by atoms with van der Waals surface area (Å²) in [5, 5.41) is 0. The second-order valence-corrected chi connectivity index (χ2v) is 6.10. The summed E-state index contributed by atoms with van der Waals surface area (Å²) >= 11 is -8.05. The van der Waals surface area contributed by atoms with Crippen LogP contribution in [0.4, 0.5) is 0 Å². The molecule has 8 heteroatoms. The Morgan fingerprint density at radius 1 is 0.750 bits per heavy atom. The summed E-state index contributed by atoms with van der Waals surface area (Å²) in [6, 6.07) is 0. The molecular weight excluding hydrogens is 424 g/mol. The van der Waals surface area contributed by atoms with Gasteiger partial charge in [0, 0.05) is 21.7 Å². The van der Waals surface area contributed by atoms with Crippen LogP contribution < -0.4 is 0 Å². The monoisotopic (exact) mass is 427 g/mol. The van der Waals surface area contributed by atoms with E-state index >= 15 is 0 Å². The molecule has 0 N–H and O–H groups in total. The molecule has 0 aliphatic heterocycles. The van der Waals surface area contributed by atoms with E-state index in [0.717, 1.165) is 0 Å². The number of rotatable bonds is 0. The maximum Gasteiger partial charge on any atom is 0 e. The molecule has 0 heterocycles. The van der Waals surface area contributed by atoms with Crippen molar-refractivity contribution in [3.8, 4) is 0 Å². The molecule has 0 aromatic rings. The van der Waals surface area contributed by atoms with Crippen molar-refractivity contribution in [1.82, 2.24) is 0 Å². The van der Waals surface area contributed by atoms with Crippen molar-refractivity contribution in [2.75, 3.05) is 0 Å². The van der Waals surface area contributed by atoms with Gasteiger partial charge in [0.05, 0.1) is 0 Å². The van der Waals surface area contributed by atoms with Gasteiger partial charge in [-0.3, -0.25) is 0 Å². The first-order chi connectivity index (χ1) is 2.24. The van der Waals surface area contributed by atoms with Crippen LogP contribution in [-0.2, 0) is 53.7 Å². The van der Waals surface area contributed by atoms with E-state index in [1.54, 1.807) is 0 Å². The van der Waals surface area contributed by atoms with E-state index in [-0.39, 0.29) is 47.6 Å². The Hall–Kier alpha value is 1.32. The van der Waals surface area contributed by atoms with Crippen LogP contribution >= 0.6 is 0 Å². The minimum absolute atomic E-state index is 0. The zero-order valence-corrected chi connectivity index (χ0v) is 7.76. The molecule has 0 aromatic heterocycles. The smallest absolute Gasteiger partial charge is 0 e. The zero-order valence-electron chi connectivity index (χ0n) is 2.99. The molecule has 5 nitrogen and oxygen atoms in total. The molecular formula is H3InO5TaTi. The fraction of sp³-hybridized carbons (Fsp3) is 0. The summed E-state index contributed by atoms with van der Waals surface area (Å²) < 4.78 is 43.4. The van der Waals surface area contributed by atoms with Gasteiger partial charge >= 0.3 is 57.8 Å². The minimum atomic E-state index is -8.05. The molecule has 0 amide bonds. The van der Waals surface area contributed by atoms with Crippen LogP contribution in [0.15, 0.2) is 0 Å². The van der Waals surface area contributed by atoms with Gasteiger partial charge in [0.15, 0.2) is 0 Å². The Morgan fingerprint density at radius 3 is 0.750 bits per heavy atom. The van der Waals surface area contributed by atoms with Gasteiger partial charge in [-0.25, -0.2) is 0 Å². The normalized spacial score (nSPS) is 7.50. The van der Waals surface area contributed by atoms with Crippen LogP contribution in [-0.4, -0.2) is 25.8 Å². The summed E-state index contributed by atoms with van der Waals surface area (Å²) in [5.74, 6) is 0. The average molecular weight is 427 g/mol. The van der Waals surface area contributed by atoms with Crippen molar-refractivity contribution in [3.05, 3.63) is 0 Å². The second-order valence-electron chi connectivity index (χ2n) is 0.745. The summed E-state index contributed by atoms with van der Waals surface area (Å²) in [5.41, 5.74) is 0. The summed E-state index contributed by atoms with van der Waals surface area (Å²) in [6.07, 6.45) is 0. The van der Waals surface area contributed by atoms with Gasteiger partial charge in [-0.15, -0.1) is 0 Å². The topological polar surface area (TPSA) is 85.3 Å². The van der Waals surface area contributed by atoms with Crippen molar-refractivity contribution in [2.45, 2.75) is 0 Å². The van der Waals surface area contributed by atoms with Gasteiger partial charge in [0.2, 0.25) is 0 Å². The molecule has 0 unspecified atom stereocenters. The third-order valence-corrected chi connectivity index (χ3v) is 0. The SMILES string of the molecule is [InH3].[O]=[Ta](=[O])(=[O])(=[O])=[O].[Ti]. The van der Waals surface area contributed by atoms with Crippen LogP contribution in [0, 0.1) is 0 Å². The first kappa shape index (κ1) is 16.2. The fourth-order valence-electron chi connectivity index (χ4n) is 0. The standard InChI is InChI=1S/In.5O.Ta.Ti.3H. The maximum atomic E-state index is 8.67. The molecule has 0 aliphatic carbocycles. The Kier molecular flexibility index (Phi) is 7.03. The van der Waals surface area contributed by atoms with E-state index in [9.17, 15) is 0 Å². The van der Waals surface area contributed by atoms with E-state index in [0.29, 0.717) is 0 Å². The molecule has 0 rings (SSSR count). The molecule has 0 saturated heterocycles. The maximum absolute atomic E-state index is 8.67. The van der Waals surface area contributed by atoms with Crippen LogP contribution in [0.1, 0.15) is 0 Å². The molecule has 0 aromatic carbocycles. The number of hydrogen-bond donors (Lipinski definition) is 0. The van der Waals surface area contributed by atoms with E-state index in [1.807, 2.05) is 0 Å². The van der Waals surface area contributed by atoms with Crippen molar-refractivity contribution < 1.29 is 53.7 Å². The predicted molar refractivity (Wildman–Crippen MR) is 13.4 cm³/mol. The first-order valence-electron chi connectivity index (χ1n) is 0.913. The molecule has 0 saturated carbocycles. The molecule has 0 fully saturated rings. The number of hydrogen-bond acceptors (Lipinski definition) is 5. The quantitative estimate of drug-likeness (QED) is 0.428. The van der Waals surface area contributed by atoms with E-state index in [4.69, 9.17) is 16.3 Å². The molecule has 0 aliphatic rings. The third kappa shape index (κ3) is 167. The Labute approximate surface area is 78.5 Å². The second kappa shape index (κ2) is 3.48.